The van der Waals surface area contributed by atoms with E-state index in [1.165, 1.54) is 25.7 Å². The van der Waals surface area contributed by atoms with Crippen LogP contribution < -0.4 is 0 Å². The molecule has 2 rings (SSSR count). The smallest absolute Gasteiger partial charge is 0.195 e. The third-order valence-corrected chi connectivity index (χ3v) is 3.70. The molecule has 1 aromatic rings. The first-order chi connectivity index (χ1) is 7.21. The van der Waals surface area contributed by atoms with Gasteiger partial charge >= 0.3 is 0 Å². The summed E-state index contributed by atoms with van der Waals surface area (Å²) in [4.78, 5) is 0. The van der Waals surface area contributed by atoms with Crippen LogP contribution in [0.4, 0.5) is 0 Å². The fourth-order valence-electron chi connectivity index (χ4n) is 2.31. The van der Waals surface area contributed by atoms with Gasteiger partial charge in [0.1, 0.15) is 5.82 Å². The lowest BCUT2D eigenvalue weighted by Gasteiger charge is -2.15. The van der Waals surface area contributed by atoms with Gasteiger partial charge in [-0.25, -0.2) is 0 Å². The van der Waals surface area contributed by atoms with E-state index in [0.717, 1.165) is 23.6 Å². The predicted octanol–water partition coefficient (Wildman–Crippen LogP) is 3.08. The van der Waals surface area contributed by atoms with Crippen LogP contribution in [0, 0.1) is 10.2 Å². The van der Waals surface area contributed by atoms with Crippen LogP contribution >= 0.6 is 12.2 Å². The highest BCUT2D eigenvalue weighted by Gasteiger charge is 2.42. The highest BCUT2D eigenvalue weighted by Crippen LogP contribution is 2.51. The molecule has 84 valence electrons. The van der Waals surface area contributed by atoms with Gasteiger partial charge in [0.15, 0.2) is 4.77 Å². The molecule has 1 aromatic heterocycles. The minimum Gasteiger partial charge on any atom is -0.304 e. The molecule has 1 N–H and O–H groups in total. The maximum Gasteiger partial charge on any atom is 0.195 e. The standard InChI is InChI=1S/C11H19N3S/c1-3-5-11(6-7-11)8-14-9(4-2)12-13-10(14)15/h3-8H2,1-2H3,(H,13,15). The fourth-order valence-corrected chi connectivity index (χ4v) is 2.53. The molecule has 1 saturated carbocycles. The third kappa shape index (κ3) is 2.14. The first kappa shape index (κ1) is 10.9. The molecule has 0 bridgehead atoms. The second-order valence-corrected chi connectivity index (χ2v) is 5.02. The van der Waals surface area contributed by atoms with E-state index < -0.39 is 0 Å². The van der Waals surface area contributed by atoms with Crippen LogP contribution in [0.3, 0.4) is 0 Å². The summed E-state index contributed by atoms with van der Waals surface area (Å²) in [7, 11) is 0. The van der Waals surface area contributed by atoms with E-state index >= 15 is 0 Å². The summed E-state index contributed by atoms with van der Waals surface area (Å²) in [6.07, 6.45) is 6.26. The van der Waals surface area contributed by atoms with Crippen LogP contribution in [0.2, 0.25) is 0 Å². The number of aromatic amines is 1. The number of aryl methyl sites for hydroxylation is 1. The summed E-state index contributed by atoms with van der Waals surface area (Å²) in [6.45, 7) is 5.45. The summed E-state index contributed by atoms with van der Waals surface area (Å²) >= 11 is 5.26. The summed E-state index contributed by atoms with van der Waals surface area (Å²) in [5, 5.41) is 7.15. The third-order valence-electron chi connectivity index (χ3n) is 3.38. The molecular weight excluding hydrogens is 206 g/mol. The molecule has 0 saturated heterocycles. The van der Waals surface area contributed by atoms with Gasteiger partial charge in [0.05, 0.1) is 0 Å². The molecule has 0 radical (unpaired) electrons. The van der Waals surface area contributed by atoms with Crippen LogP contribution in [-0.2, 0) is 13.0 Å². The van der Waals surface area contributed by atoms with E-state index in [1.54, 1.807) is 0 Å². The minimum absolute atomic E-state index is 0.542. The van der Waals surface area contributed by atoms with Gasteiger partial charge in [-0.15, -0.1) is 0 Å². The van der Waals surface area contributed by atoms with Crippen molar-refractivity contribution in [3.05, 3.63) is 10.6 Å². The number of rotatable bonds is 5. The second-order valence-electron chi connectivity index (χ2n) is 4.63. The van der Waals surface area contributed by atoms with Crippen molar-refractivity contribution in [3.8, 4) is 0 Å². The van der Waals surface area contributed by atoms with Crippen molar-refractivity contribution in [2.75, 3.05) is 0 Å². The lowest BCUT2D eigenvalue weighted by Crippen LogP contribution is -2.14. The van der Waals surface area contributed by atoms with Crippen molar-refractivity contribution in [3.63, 3.8) is 0 Å². The molecule has 0 aliphatic heterocycles. The molecule has 3 nitrogen and oxygen atoms in total. The summed E-state index contributed by atoms with van der Waals surface area (Å²) < 4.78 is 2.98. The number of H-pyrrole nitrogens is 1. The van der Waals surface area contributed by atoms with Crippen molar-refractivity contribution < 1.29 is 0 Å². The van der Waals surface area contributed by atoms with Gasteiger partial charge in [-0.2, -0.15) is 5.10 Å². The molecule has 1 fully saturated rings. The Labute approximate surface area is 95.9 Å². The Morgan fingerprint density at radius 1 is 1.47 bits per heavy atom. The van der Waals surface area contributed by atoms with Gasteiger partial charge in [-0.1, -0.05) is 20.3 Å². The Morgan fingerprint density at radius 2 is 2.20 bits per heavy atom. The zero-order chi connectivity index (χ0) is 10.9. The van der Waals surface area contributed by atoms with E-state index in [4.69, 9.17) is 12.2 Å². The number of hydrogen-bond acceptors (Lipinski definition) is 2. The lowest BCUT2D eigenvalue weighted by atomic mass is 10.0. The average Bonchev–Trinajstić information content (AvgIpc) is 2.89. The van der Waals surface area contributed by atoms with E-state index in [-0.39, 0.29) is 0 Å². The monoisotopic (exact) mass is 225 g/mol. The Balaban J connectivity index is 2.16. The molecule has 15 heavy (non-hydrogen) atoms. The number of hydrogen-bond donors (Lipinski definition) is 1. The fraction of sp³-hybridized carbons (Fsp3) is 0.818. The first-order valence-electron chi connectivity index (χ1n) is 5.85. The Bertz CT molecular complexity index is 387. The van der Waals surface area contributed by atoms with Gasteiger partial charge in [-0.05, 0) is 36.9 Å². The Morgan fingerprint density at radius 3 is 2.73 bits per heavy atom. The number of nitrogens with zero attached hydrogens (tertiary/aromatic N) is 2. The Hall–Kier alpha value is -0.640. The first-order valence-corrected chi connectivity index (χ1v) is 6.26. The largest absolute Gasteiger partial charge is 0.304 e. The molecular formula is C11H19N3S. The zero-order valence-corrected chi connectivity index (χ0v) is 10.4. The summed E-state index contributed by atoms with van der Waals surface area (Å²) in [5.74, 6) is 1.10. The maximum atomic E-state index is 5.26. The molecule has 1 heterocycles. The second kappa shape index (κ2) is 4.08. The van der Waals surface area contributed by atoms with Crippen molar-refractivity contribution >= 4 is 12.2 Å². The van der Waals surface area contributed by atoms with Gasteiger partial charge in [0, 0.05) is 13.0 Å². The predicted molar refractivity (Wildman–Crippen MR) is 63.4 cm³/mol. The van der Waals surface area contributed by atoms with Crippen molar-refractivity contribution in [1.29, 1.82) is 0 Å². The van der Waals surface area contributed by atoms with Crippen LogP contribution in [0.25, 0.3) is 0 Å². The van der Waals surface area contributed by atoms with Gasteiger partial charge in [0.2, 0.25) is 0 Å². The van der Waals surface area contributed by atoms with E-state index in [0.29, 0.717) is 5.41 Å². The normalized spacial score (nSPS) is 18.0. The van der Waals surface area contributed by atoms with Gasteiger partial charge < -0.3 is 4.57 Å². The van der Waals surface area contributed by atoms with E-state index in [2.05, 4.69) is 28.6 Å². The molecule has 0 spiro atoms. The van der Waals surface area contributed by atoms with Gasteiger partial charge in [0.25, 0.3) is 0 Å². The van der Waals surface area contributed by atoms with Crippen molar-refractivity contribution in [2.24, 2.45) is 5.41 Å². The van der Waals surface area contributed by atoms with Crippen molar-refractivity contribution in [2.45, 2.75) is 52.5 Å². The average molecular weight is 225 g/mol. The maximum absolute atomic E-state index is 5.26. The lowest BCUT2D eigenvalue weighted by molar-refractivity contribution is 0.379. The van der Waals surface area contributed by atoms with Crippen LogP contribution in [0.5, 0.6) is 0 Å². The molecule has 4 heteroatoms. The SMILES string of the molecule is CCCC1(Cn2c(CC)n[nH]c2=S)CC1. The highest BCUT2D eigenvalue weighted by atomic mass is 32.1. The minimum atomic E-state index is 0.542. The summed E-state index contributed by atoms with van der Waals surface area (Å²) in [6, 6.07) is 0. The highest BCUT2D eigenvalue weighted by molar-refractivity contribution is 7.71. The van der Waals surface area contributed by atoms with Crippen LogP contribution in [0.1, 0.15) is 45.4 Å². The van der Waals surface area contributed by atoms with Gasteiger partial charge in [-0.3, -0.25) is 5.10 Å². The number of nitrogens with one attached hydrogen (secondary N) is 1. The molecule has 1 aliphatic carbocycles. The Kier molecular flexibility index (Phi) is 2.96. The van der Waals surface area contributed by atoms with E-state index in [9.17, 15) is 0 Å². The molecule has 0 unspecified atom stereocenters. The van der Waals surface area contributed by atoms with Crippen LogP contribution in [0.15, 0.2) is 0 Å². The zero-order valence-electron chi connectivity index (χ0n) is 9.55. The van der Waals surface area contributed by atoms with Crippen LogP contribution in [-0.4, -0.2) is 14.8 Å². The summed E-state index contributed by atoms with van der Waals surface area (Å²) in [5.41, 5.74) is 0.542. The quantitative estimate of drug-likeness (QED) is 0.781. The molecule has 0 aromatic carbocycles. The van der Waals surface area contributed by atoms with Crippen molar-refractivity contribution in [1.82, 2.24) is 14.8 Å². The topological polar surface area (TPSA) is 33.6 Å². The number of aromatic nitrogens is 3. The molecule has 0 amide bonds. The molecule has 0 atom stereocenters. The molecule has 1 aliphatic rings. The van der Waals surface area contributed by atoms with E-state index in [1.807, 2.05) is 0 Å².